The lowest BCUT2D eigenvalue weighted by Crippen LogP contribution is -2.55. The van der Waals surface area contributed by atoms with E-state index in [0.717, 1.165) is 43.7 Å². The number of rotatable bonds is 5. The molecule has 3 aliphatic rings. The van der Waals surface area contributed by atoms with Gasteiger partial charge >= 0.3 is 12.0 Å². The number of amides is 2. The predicted molar refractivity (Wildman–Crippen MR) is 122 cm³/mol. The number of aryl methyl sites for hydroxylation is 1. The second kappa shape index (κ2) is 9.67. The second-order valence-corrected chi connectivity index (χ2v) is 9.71. The number of anilines is 1. The van der Waals surface area contributed by atoms with Crippen molar-refractivity contribution in [2.24, 2.45) is 5.92 Å². The number of nitrogens with zero attached hydrogens (tertiary/aromatic N) is 3. The van der Waals surface area contributed by atoms with E-state index in [9.17, 15) is 24.6 Å². The number of piperidine rings is 2. The first kappa shape index (κ1) is 23.5. The summed E-state index contributed by atoms with van der Waals surface area (Å²) in [4.78, 5) is 44.5. The Kier molecular flexibility index (Phi) is 6.88. The van der Waals surface area contributed by atoms with Crippen LogP contribution in [-0.4, -0.2) is 81.1 Å². The van der Waals surface area contributed by atoms with Gasteiger partial charge in [0.25, 0.3) is 0 Å². The molecule has 0 radical (unpaired) electrons. The molecule has 0 bridgehead atoms. The van der Waals surface area contributed by atoms with Crippen molar-refractivity contribution in [3.8, 4) is 0 Å². The Hall–Kier alpha value is -2.68. The fraction of sp³-hybridized carbons (Fsp3) is 0.667. The van der Waals surface area contributed by atoms with Crippen molar-refractivity contribution in [2.45, 2.75) is 63.4 Å². The normalized spacial score (nSPS) is 21.6. The number of carbonyl (C=O) groups excluding carboxylic acids is 2. The average Bonchev–Trinajstić information content (AvgIpc) is 2.82. The van der Waals surface area contributed by atoms with Gasteiger partial charge in [-0.15, -0.1) is 0 Å². The Bertz CT molecular complexity index is 904. The fourth-order valence-corrected chi connectivity index (χ4v) is 5.37. The Labute approximate surface area is 194 Å². The quantitative estimate of drug-likeness (QED) is 0.618. The number of carbonyl (C=O) groups is 3. The number of carboxylic acid groups (broad SMARTS) is 1. The molecule has 33 heavy (non-hydrogen) atoms. The van der Waals surface area contributed by atoms with Crippen LogP contribution in [-0.2, 0) is 16.0 Å². The number of likely N-dealkylation sites (tertiary alicyclic amines) is 2. The van der Waals surface area contributed by atoms with Gasteiger partial charge in [-0.05, 0) is 57.1 Å². The molecule has 0 unspecified atom stereocenters. The van der Waals surface area contributed by atoms with E-state index in [1.165, 1.54) is 12.5 Å². The average molecular weight is 459 g/mol. The smallest absolute Gasteiger partial charge is 0.320 e. The standard InChI is InChI=1S/C24H34N4O5/c1-16(29)15-19(22(30)31)24(33)8-13-28(14-9-24)23(32)27-11-6-17(7-12-27)20-5-4-18-3-2-10-25-21(18)26-20/h4-5,17,19,33H,2-3,6-15H2,1H3,(H,25,26)(H,30,31)/t19-/m0/s1. The van der Waals surface area contributed by atoms with Gasteiger partial charge < -0.3 is 30.1 Å². The third-order valence-electron chi connectivity index (χ3n) is 7.44. The van der Waals surface area contributed by atoms with Crippen LogP contribution in [0.3, 0.4) is 0 Å². The lowest BCUT2D eigenvalue weighted by atomic mass is 9.77. The van der Waals surface area contributed by atoms with E-state index in [1.807, 2.05) is 4.90 Å². The van der Waals surface area contributed by atoms with Crippen LogP contribution in [0, 0.1) is 5.92 Å². The molecule has 4 heterocycles. The molecule has 2 amide bonds. The summed E-state index contributed by atoms with van der Waals surface area (Å²) in [6, 6.07) is 4.24. The summed E-state index contributed by atoms with van der Waals surface area (Å²) in [6.07, 6.45) is 4.03. The highest BCUT2D eigenvalue weighted by atomic mass is 16.4. The van der Waals surface area contributed by atoms with Gasteiger partial charge in [0.05, 0.1) is 11.5 Å². The SMILES string of the molecule is CC(=O)C[C@@H](C(=O)O)C1(O)CCN(C(=O)N2CCC(c3ccc4c(n3)NCCC4)CC2)CC1. The van der Waals surface area contributed by atoms with Crippen molar-refractivity contribution < 1.29 is 24.6 Å². The van der Waals surface area contributed by atoms with Crippen molar-refractivity contribution in [3.63, 3.8) is 0 Å². The molecule has 1 aromatic rings. The Morgan fingerprint density at radius 1 is 1.15 bits per heavy atom. The number of aliphatic hydroxyl groups is 1. The zero-order chi connectivity index (χ0) is 23.6. The van der Waals surface area contributed by atoms with Gasteiger partial charge in [0.2, 0.25) is 0 Å². The number of nitrogens with one attached hydrogen (secondary N) is 1. The van der Waals surface area contributed by atoms with Crippen molar-refractivity contribution >= 4 is 23.6 Å². The number of aromatic nitrogens is 1. The maximum absolute atomic E-state index is 13.1. The van der Waals surface area contributed by atoms with Crippen LogP contribution in [0.25, 0.3) is 0 Å². The highest BCUT2D eigenvalue weighted by Crippen LogP contribution is 2.34. The van der Waals surface area contributed by atoms with Crippen LogP contribution >= 0.6 is 0 Å². The molecule has 0 saturated carbocycles. The molecule has 3 N–H and O–H groups in total. The summed E-state index contributed by atoms with van der Waals surface area (Å²) in [6.45, 7) is 4.17. The Balaban J connectivity index is 1.31. The van der Waals surface area contributed by atoms with E-state index < -0.39 is 17.5 Å². The summed E-state index contributed by atoms with van der Waals surface area (Å²) in [5.74, 6) is -1.23. The summed E-state index contributed by atoms with van der Waals surface area (Å²) in [5.41, 5.74) is 0.896. The van der Waals surface area contributed by atoms with Crippen molar-refractivity contribution in [1.29, 1.82) is 0 Å². The van der Waals surface area contributed by atoms with Gasteiger partial charge in [-0.25, -0.2) is 9.78 Å². The van der Waals surface area contributed by atoms with Gasteiger partial charge in [-0.2, -0.15) is 0 Å². The lowest BCUT2D eigenvalue weighted by molar-refractivity contribution is -0.158. The number of Topliss-reactive ketones (excluding diaryl/α,β-unsaturated/α-hetero) is 1. The first-order valence-electron chi connectivity index (χ1n) is 12.0. The third kappa shape index (κ3) is 5.13. The van der Waals surface area contributed by atoms with Crippen LogP contribution < -0.4 is 5.32 Å². The zero-order valence-corrected chi connectivity index (χ0v) is 19.3. The number of fused-ring (bicyclic) bond motifs is 1. The van der Waals surface area contributed by atoms with Crippen LogP contribution in [0.15, 0.2) is 12.1 Å². The molecule has 0 aromatic carbocycles. The summed E-state index contributed by atoms with van der Waals surface area (Å²) in [7, 11) is 0. The Morgan fingerprint density at radius 2 is 1.82 bits per heavy atom. The Morgan fingerprint density at radius 3 is 2.45 bits per heavy atom. The minimum Gasteiger partial charge on any atom is -0.481 e. The van der Waals surface area contributed by atoms with Crippen LogP contribution in [0.2, 0.25) is 0 Å². The van der Waals surface area contributed by atoms with Gasteiger partial charge in [-0.1, -0.05) is 6.07 Å². The third-order valence-corrected chi connectivity index (χ3v) is 7.44. The zero-order valence-electron chi connectivity index (χ0n) is 19.3. The van der Waals surface area contributed by atoms with Crippen molar-refractivity contribution in [2.75, 3.05) is 38.0 Å². The largest absolute Gasteiger partial charge is 0.481 e. The molecule has 0 spiro atoms. The van der Waals surface area contributed by atoms with Gasteiger partial charge in [0.1, 0.15) is 11.6 Å². The first-order chi connectivity index (χ1) is 15.8. The number of aliphatic carboxylic acids is 1. The molecular formula is C24H34N4O5. The predicted octanol–water partition coefficient (Wildman–Crippen LogP) is 2.25. The minimum absolute atomic E-state index is 0.0611. The molecule has 2 fully saturated rings. The van der Waals surface area contributed by atoms with Crippen molar-refractivity contribution in [1.82, 2.24) is 14.8 Å². The second-order valence-electron chi connectivity index (χ2n) is 9.71. The van der Waals surface area contributed by atoms with E-state index in [1.54, 1.807) is 4.90 Å². The molecule has 2 saturated heterocycles. The number of carboxylic acids is 1. The fourth-order valence-electron chi connectivity index (χ4n) is 5.37. The lowest BCUT2D eigenvalue weighted by Gasteiger charge is -2.43. The number of hydrogen-bond donors (Lipinski definition) is 3. The number of pyridine rings is 1. The number of ketones is 1. The molecule has 9 heteroatoms. The molecule has 180 valence electrons. The minimum atomic E-state index is -1.46. The molecule has 9 nitrogen and oxygen atoms in total. The van der Waals surface area contributed by atoms with Gasteiger partial charge in [0.15, 0.2) is 0 Å². The number of urea groups is 1. The molecule has 3 aliphatic heterocycles. The van der Waals surface area contributed by atoms with E-state index in [4.69, 9.17) is 4.98 Å². The van der Waals surface area contributed by atoms with Crippen molar-refractivity contribution in [3.05, 3.63) is 23.4 Å². The van der Waals surface area contributed by atoms with E-state index in [0.29, 0.717) is 19.0 Å². The highest BCUT2D eigenvalue weighted by molar-refractivity contribution is 5.83. The molecule has 4 rings (SSSR count). The van der Waals surface area contributed by atoms with Crippen LogP contribution in [0.1, 0.15) is 62.6 Å². The molecule has 1 atom stereocenters. The maximum atomic E-state index is 13.1. The number of hydrogen-bond acceptors (Lipinski definition) is 6. The first-order valence-corrected chi connectivity index (χ1v) is 12.0. The monoisotopic (exact) mass is 458 g/mol. The summed E-state index contributed by atoms with van der Waals surface area (Å²) < 4.78 is 0. The van der Waals surface area contributed by atoms with Crippen LogP contribution in [0.5, 0.6) is 0 Å². The topological polar surface area (TPSA) is 123 Å². The molecule has 1 aromatic heterocycles. The van der Waals surface area contributed by atoms with Gasteiger partial charge in [0, 0.05) is 50.8 Å². The summed E-state index contributed by atoms with van der Waals surface area (Å²) >= 11 is 0. The van der Waals surface area contributed by atoms with Gasteiger partial charge in [-0.3, -0.25) is 4.79 Å². The van der Waals surface area contributed by atoms with E-state index >= 15 is 0 Å². The van der Waals surface area contributed by atoms with E-state index in [2.05, 4.69) is 17.4 Å². The highest BCUT2D eigenvalue weighted by Gasteiger charge is 2.45. The maximum Gasteiger partial charge on any atom is 0.320 e. The molecular weight excluding hydrogens is 424 g/mol. The van der Waals surface area contributed by atoms with Crippen LogP contribution in [0.4, 0.5) is 10.6 Å². The molecule has 0 aliphatic carbocycles. The summed E-state index contributed by atoms with van der Waals surface area (Å²) in [5, 5.41) is 23.8. The van der Waals surface area contributed by atoms with E-state index in [-0.39, 0.29) is 44.2 Å².